The van der Waals surface area contributed by atoms with Gasteiger partial charge in [0.2, 0.25) is 0 Å². The van der Waals surface area contributed by atoms with Crippen LogP contribution in [0.4, 0.5) is 8.78 Å². The second-order valence-electron chi connectivity index (χ2n) is 3.34. The van der Waals surface area contributed by atoms with Gasteiger partial charge in [-0.25, -0.2) is 8.78 Å². The molecule has 0 aromatic rings. The third kappa shape index (κ3) is 4.06. The van der Waals surface area contributed by atoms with E-state index in [-0.39, 0.29) is 0 Å². The van der Waals surface area contributed by atoms with Crippen molar-refractivity contribution >= 4 is 5.91 Å². The van der Waals surface area contributed by atoms with Gasteiger partial charge in [-0.3, -0.25) is 4.79 Å². The molecule has 1 rings (SSSR count). The van der Waals surface area contributed by atoms with Gasteiger partial charge < -0.3 is 21.1 Å². The minimum Gasteiger partial charge on any atom is -0.366 e. The highest BCUT2D eigenvalue weighted by Crippen LogP contribution is 2.08. The summed E-state index contributed by atoms with van der Waals surface area (Å²) in [4.78, 5) is 11.3. The zero-order chi connectivity index (χ0) is 11.3. The molecule has 0 aromatic heterocycles. The molecule has 88 valence electrons. The molecule has 0 radical (unpaired) electrons. The minimum absolute atomic E-state index is 0.347. The summed E-state index contributed by atoms with van der Waals surface area (Å²) in [7, 11) is 0. The first-order valence-electron chi connectivity index (χ1n) is 4.73. The van der Waals surface area contributed by atoms with Gasteiger partial charge >= 0.3 is 0 Å². The van der Waals surface area contributed by atoms with Crippen LogP contribution in [0.3, 0.4) is 0 Å². The summed E-state index contributed by atoms with van der Waals surface area (Å²) in [6.07, 6.45) is -0.688. The number of amides is 1. The average molecular weight is 223 g/mol. The van der Waals surface area contributed by atoms with E-state index in [9.17, 15) is 13.6 Å². The number of morpholine rings is 1. The Morgan fingerprint density at radius 3 is 2.93 bits per heavy atom. The Morgan fingerprint density at radius 1 is 1.67 bits per heavy atom. The van der Waals surface area contributed by atoms with Gasteiger partial charge in [0.25, 0.3) is 11.8 Å². The van der Waals surface area contributed by atoms with Crippen LogP contribution in [0.2, 0.25) is 0 Å². The van der Waals surface area contributed by atoms with Gasteiger partial charge in [-0.15, -0.1) is 0 Å². The highest BCUT2D eigenvalue weighted by atomic mass is 19.3. The second kappa shape index (κ2) is 5.34. The van der Waals surface area contributed by atoms with Crippen molar-refractivity contribution in [3.63, 3.8) is 0 Å². The SMILES string of the molecule is NCC(F)(F)CNC(=O)[C@H]1CNCCO1. The molecular weight excluding hydrogens is 208 g/mol. The van der Waals surface area contributed by atoms with E-state index in [1.165, 1.54) is 0 Å². The Hall–Kier alpha value is -0.790. The number of alkyl halides is 2. The van der Waals surface area contributed by atoms with Crippen LogP contribution >= 0.6 is 0 Å². The van der Waals surface area contributed by atoms with Crippen LogP contribution in [0.15, 0.2) is 0 Å². The van der Waals surface area contributed by atoms with Crippen molar-refractivity contribution in [3.05, 3.63) is 0 Å². The molecule has 1 atom stereocenters. The van der Waals surface area contributed by atoms with E-state index in [2.05, 4.69) is 10.6 Å². The highest BCUT2D eigenvalue weighted by Gasteiger charge is 2.29. The molecular formula is C8H15F2N3O2. The zero-order valence-electron chi connectivity index (χ0n) is 8.26. The summed E-state index contributed by atoms with van der Waals surface area (Å²) in [5.41, 5.74) is 4.83. The summed E-state index contributed by atoms with van der Waals surface area (Å²) >= 11 is 0. The molecule has 15 heavy (non-hydrogen) atoms. The van der Waals surface area contributed by atoms with E-state index >= 15 is 0 Å². The number of carbonyl (C=O) groups is 1. The fourth-order valence-corrected chi connectivity index (χ4v) is 1.14. The number of nitrogens with one attached hydrogen (secondary N) is 2. The van der Waals surface area contributed by atoms with Gasteiger partial charge in [0.15, 0.2) is 0 Å². The number of hydrogen-bond acceptors (Lipinski definition) is 4. The van der Waals surface area contributed by atoms with Crippen molar-refractivity contribution in [2.45, 2.75) is 12.0 Å². The standard InChI is InChI=1S/C8H15F2N3O2/c9-8(10,4-11)5-13-7(14)6-3-12-1-2-15-6/h6,12H,1-5,11H2,(H,13,14)/t6-/m1/s1. The predicted molar refractivity (Wildman–Crippen MR) is 49.6 cm³/mol. The summed E-state index contributed by atoms with van der Waals surface area (Å²) < 4.78 is 30.5. The first-order valence-corrected chi connectivity index (χ1v) is 4.73. The quantitative estimate of drug-likeness (QED) is 0.553. The fraction of sp³-hybridized carbons (Fsp3) is 0.875. The molecule has 0 aliphatic carbocycles. The lowest BCUT2D eigenvalue weighted by atomic mass is 10.2. The molecule has 0 saturated carbocycles. The Balaban J connectivity index is 2.28. The normalized spacial score (nSPS) is 22.5. The van der Waals surface area contributed by atoms with Crippen LogP contribution in [0.1, 0.15) is 0 Å². The zero-order valence-corrected chi connectivity index (χ0v) is 8.26. The first-order chi connectivity index (χ1) is 7.05. The number of carbonyl (C=O) groups excluding carboxylic acids is 1. The minimum atomic E-state index is -3.06. The van der Waals surface area contributed by atoms with Crippen LogP contribution in [0.5, 0.6) is 0 Å². The third-order valence-electron chi connectivity index (χ3n) is 2.04. The lowest BCUT2D eigenvalue weighted by Crippen LogP contribution is -2.51. The van der Waals surface area contributed by atoms with E-state index in [1.54, 1.807) is 0 Å². The molecule has 1 aliphatic heterocycles. The lowest BCUT2D eigenvalue weighted by Gasteiger charge is -2.23. The predicted octanol–water partition coefficient (Wildman–Crippen LogP) is -1.31. The maximum absolute atomic E-state index is 12.7. The van der Waals surface area contributed by atoms with Crippen LogP contribution in [0.25, 0.3) is 0 Å². The lowest BCUT2D eigenvalue weighted by molar-refractivity contribution is -0.135. The Morgan fingerprint density at radius 2 is 2.40 bits per heavy atom. The summed E-state index contributed by atoms with van der Waals surface area (Å²) in [6, 6.07) is 0. The van der Waals surface area contributed by atoms with E-state index in [0.29, 0.717) is 19.7 Å². The van der Waals surface area contributed by atoms with Gasteiger partial charge in [0.1, 0.15) is 6.10 Å². The van der Waals surface area contributed by atoms with Crippen molar-refractivity contribution in [3.8, 4) is 0 Å². The first kappa shape index (κ1) is 12.3. The van der Waals surface area contributed by atoms with Gasteiger partial charge in [-0.05, 0) is 0 Å². The maximum Gasteiger partial charge on any atom is 0.277 e. The van der Waals surface area contributed by atoms with E-state index in [1.807, 2.05) is 0 Å². The second-order valence-corrected chi connectivity index (χ2v) is 3.34. The number of hydrogen-bond donors (Lipinski definition) is 3. The largest absolute Gasteiger partial charge is 0.366 e. The molecule has 0 unspecified atom stereocenters. The van der Waals surface area contributed by atoms with Gasteiger partial charge in [0, 0.05) is 13.1 Å². The molecule has 1 saturated heterocycles. The Kier molecular flexibility index (Phi) is 4.37. The molecule has 5 nitrogen and oxygen atoms in total. The molecule has 0 bridgehead atoms. The van der Waals surface area contributed by atoms with E-state index < -0.39 is 31.0 Å². The van der Waals surface area contributed by atoms with Crippen LogP contribution in [-0.4, -0.2) is 50.7 Å². The number of halogens is 2. The van der Waals surface area contributed by atoms with Gasteiger partial charge in [0.05, 0.1) is 19.7 Å². The molecule has 0 aromatic carbocycles. The van der Waals surface area contributed by atoms with Crippen LogP contribution in [0, 0.1) is 0 Å². The molecule has 4 N–H and O–H groups in total. The smallest absolute Gasteiger partial charge is 0.277 e. The number of rotatable bonds is 4. The molecule has 1 amide bonds. The highest BCUT2D eigenvalue weighted by molar-refractivity contribution is 5.81. The topological polar surface area (TPSA) is 76.4 Å². The fourth-order valence-electron chi connectivity index (χ4n) is 1.14. The van der Waals surface area contributed by atoms with Crippen molar-refractivity contribution < 1.29 is 18.3 Å². The molecule has 7 heteroatoms. The van der Waals surface area contributed by atoms with Crippen molar-refractivity contribution in [1.82, 2.24) is 10.6 Å². The van der Waals surface area contributed by atoms with Crippen LogP contribution < -0.4 is 16.4 Å². The monoisotopic (exact) mass is 223 g/mol. The molecule has 0 spiro atoms. The van der Waals surface area contributed by atoms with Gasteiger partial charge in [-0.1, -0.05) is 0 Å². The van der Waals surface area contributed by atoms with Gasteiger partial charge in [-0.2, -0.15) is 0 Å². The third-order valence-corrected chi connectivity index (χ3v) is 2.04. The molecule has 1 aliphatic rings. The van der Waals surface area contributed by atoms with Crippen LogP contribution in [-0.2, 0) is 9.53 Å². The van der Waals surface area contributed by atoms with Crippen molar-refractivity contribution in [1.29, 1.82) is 0 Å². The van der Waals surface area contributed by atoms with E-state index in [0.717, 1.165) is 0 Å². The van der Waals surface area contributed by atoms with Crippen molar-refractivity contribution in [2.24, 2.45) is 5.73 Å². The maximum atomic E-state index is 12.7. The summed E-state index contributed by atoms with van der Waals surface area (Å²) in [6.45, 7) is -0.104. The summed E-state index contributed by atoms with van der Waals surface area (Å²) in [5, 5.41) is 5.04. The molecule has 1 heterocycles. The summed E-state index contributed by atoms with van der Waals surface area (Å²) in [5.74, 6) is -3.59. The Bertz CT molecular complexity index is 220. The number of ether oxygens (including phenoxy) is 1. The Labute approximate surface area is 86.3 Å². The molecule has 1 fully saturated rings. The van der Waals surface area contributed by atoms with Crippen molar-refractivity contribution in [2.75, 3.05) is 32.8 Å². The van der Waals surface area contributed by atoms with E-state index in [4.69, 9.17) is 10.5 Å². The number of nitrogens with two attached hydrogens (primary N) is 1. The average Bonchev–Trinajstić information content (AvgIpc) is 2.27.